The molecule has 0 saturated carbocycles. The first-order valence-corrected chi connectivity index (χ1v) is 8.72. The SMILES string of the molecule is Clc1cccc(Cn2cc(CNCc3ccco3)c3ccccc32)c1. The summed E-state index contributed by atoms with van der Waals surface area (Å²) >= 11 is 6.12. The van der Waals surface area contributed by atoms with Crippen LogP contribution in [-0.2, 0) is 19.6 Å². The summed E-state index contributed by atoms with van der Waals surface area (Å²) in [4.78, 5) is 0. The number of aromatic nitrogens is 1. The summed E-state index contributed by atoms with van der Waals surface area (Å²) in [5.74, 6) is 0.947. The standard InChI is InChI=1S/C21H19ClN2O/c22-18-6-3-5-16(11-18)14-24-15-17(20-8-1-2-9-21(20)24)12-23-13-19-7-4-10-25-19/h1-11,15,23H,12-14H2. The summed E-state index contributed by atoms with van der Waals surface area (Å²) < 4.78 is 7.66. The molecule has 0 amide bonds. The van der Waals surface area contributed by atoms with E-state index < -0.39 is 0 Å². The Balaban J connectivity index is 1.57. The van der Waals surface area contributed by atoms with E-state index in [-0.39, 0.29) is 0 Å². The zero-order chi connectivity index (χ0) is 17.1. The summed E-state index contributed by atoms with van der Waals surface area (Å²) in [5.41, 5.74) is 3.71. The van der Waals surface area contributed by atoms with Crippen LogP contribution in [-0.4, -0.2) is 4.57 Å². The van der Waals surface area contributed by atoms with Crippen molar-refractivity contribution in [2.75, 3.05) is 0 Å². The van der Waals surface area contributed by atoms with E-state index in [1.807, 2.05) is 30.3 Å². The van der Waals surface area contributed by atoms with E-state index in [4.69, 9.17) is 16.0 Å². The number of hydrogen-bond acceptors (Lipinski definition) is 2. The molecule has 4 aromatic rings. The van der Waals surface area contributed by atoms with Crippen LogP contribution >= 0.6 is 11.6 Å². The topological polar surface area (TPSA) is 30.1 Å². The highest BCUT2D eigenvalue weighted by Gasteiger charge is 2.09. The lowest BCUT2D eigenvalue weighted by atomic mass is 10.2. The van der Waals surface area contributed by atoms with Gasteiger partial charge in [-0.05, 0) is 41.5 Å². The molecule has 0 spiro atoms. The molecule has 0 radical (unpaired) electrons. The maximum Gasteiger partial charge on any atom is 0.117 e. The fourth-order valence-electron chi connectivity index (χ4n) is 3.16. The zero-order valence-corrected chi connectivity index (χ0v) is 14.5. The minimum absolute atomic E-state index is 0.723. The molecule has 0 unspecified atom stereocenters. The maximum atomic E-state index is 6.12. The van der Waals surface area contributed by atoms with E-state index in [0.29, 0.717) is 0 Å². The first kappa shape index (κ1) is 16.0. The molecule has 0 atom stereocenters. The van der Waals surface area contributed by atoms with Gasteiger partial charge in [-0.2, -0.15) is 0 Å². The molecule has 25 heavy (non-hydrogen) atoms. The number of hydrogen-bond donors (Lipinski definition) is 1. The van der Waals surface area contributed by atoms with Crippen LogP contribution in [0.15, 0.2) is 77.5 Å². The molecule has 4 rings (SSSR count). The average Bonchev–Trinajstić information content (AvgIpc) is 3.24. The first-order valence-electron chi connectivity index (χ1n) is 8.34. The van der Waals surface area contributed by atoms with Gasteiger partial charge in [0.1, 0.15) is 5.76 Å². The second-order valence-electron chi connectivity index (χ2n) is 6.11. The van der Waals surface area contributed by atoms with Crippen molar-refractivity contribution in [2.45, 2.75) is 19.6 Å². The Morgan fingerprint density at radius 3 is 2.72 bits per heavy atom. The van der Waals surface area contributed by atoms with Crippen LogP contribution in [0.3, 0.4) is 0 Å². The fraction of sp³-hybridized carbons (Fsp3) is 0.143. The molecule has 0 bridgehead atoms. The maximum absolute atomic E-state index is 6.12. The molecule has 4 heteroatoms. The number of furan rings is 1. The normalized spacial score (nSPS) is 11.2. The van der Waals surface area contributed by atoms with Crippen LogP contribution < -0.4 is 5.32 Å². The first-order chi connectivity index (χ1) is 12.3. The van der Waals surface area contributed by atoms with Crippen LogP contribution in [0.5, 0.6) is 0 Å². The van der Waals surface area contributed by atoms with Crippen LogP contribution in [0.4, 0.5) is 0 Å². The number of para-hydroxylation sites is 1. The smallest absolute Gasteiger partial charge is 0.117 e. The van der Waals surface area contributed by atoms with Crippen molar-refractivity contribution in [2.24, 2.45) is 0 Å². The Morgan fingerprint density at radius 1 is 0.960 bits per heavy atom. The van der Waals surface area contributed by atoms with Gasteiger partial charge in [0.05, 0.1) is 12.8 Å². The van der Waals surface area contributed by atoms with Gasteiger partial charge >= 0.3 is 0 Å². The van der Waals surface area contributed by atoms with E-state index >= 15 is 0 Å². The Morgan fingerprint density at radius 2 is 1.88 bits per heavy atom. The van der Waals surface area contributed by atoms with Gasteiger partial charge in [0.25, 0.3) is 0 Å². The van der Waals surface area contributed by atoms with Crippen molar-refractivity contribution in [3.05, 3.63) is 95.0 Å². The summed E-state index contributed by atoms with van der Waals surface area (Å²) in [6.07, 6.45) is 3.93. The molecular formula is C21H19ClN2O. The largest absolute Gasteiger partial charge is 0.468 e. The highest BCUT2D eigenvalue weighted by molar-refractivity contribution is 6.30. The van der Waals surface area contributed by atoms with Gasteiger partial charge in [0.15, 0.2) is 0 Å². The van der Waals surface area contributed by atoms with Gasteiger partial charge in [0.2, 0.25) is 0 Å². The lowest BCUT2D eigenvalue weighted by Gasteiger charge is -2.06. The van der Waals surface area contributed by atoms with E-state index in [9.17, 15) is 0 Å². The van der Waals surface area contributed by atoms with E-state index in [1.54, 1.807) is 6.26 Å². The Kier molecular flexibility index (Phi) is 4.59. The third-order valence-corrected chi connectivity index (χ3v) is 4.54. The average molecular weight is 351 g/mol. The van der Waals surface area contributed by atoms with Crippen molar-refractivity contribution in [1.29, 1.82) is 0 Å². The highest BCUT2D eigenvalue weighted by atomic mass is 35.5. The van der Waals surface area contributed by atoms with Crippen molar-refractivity contribution in [1.82, 2.24) is 9.88 Å². The predicted octanol–water partition coefficient (Wildman–Crippen LogP) is 5.23. The number of benzene rings is 2. The lowest BCUT2D eigenvalue weighted by molar-refractivity contribution is 0.483. The lowest BCUT2D eigenvalue weighted by Crippen LogP contribution is -2.11. The number of rotatable bonds is 6. The number of nitrogens with one attached hydrogen (secondary N) is 1. The Bertz CT molecular complexity index is 973. The molecule has 126 valence electrons. The van der Waals surface area contributed by atoms with E-state index in [2.05, 4.69) is 46.4 Å². The fourth-order valence-corrected chi connectivity index (χ4v) is 3.37. The van der Waals surface area contributed by atoms with Crippen LogP contribution in [0, 0.1) is 0 Å². The highest BCUT2D eigenvalue weighted by Crippen LogP contribution is 2.23. The van der Waals surface area contributed by atoms with Gasteiger partial charge in [-0.25, -0.2) is 0 Å². The molecule has 0 aliphatic rings. The molecule has 2 aromatic carbocycles. The molecular weight excluding hydrogens is 332 g/mol. The van der Waals surface area contributed by atoms with Gasteiger partial charge < -0.3 is 14.3 Å². The molecule has 0 fully saturated rings. The summed E-state index contributed by atoms with van der Waals surface area (Å²) in [7, 11) is 0. The number of fused-ring (bicyclic) bond motifs is 1. The second-order valence-corrected chi connectivity index (χ2v) is 6.55. The monoisotopic (exact) mass is 350 g/mol. The predicted molar refractivity (Wildman–Crippen MR) is 102 cm³/mol. The molecule has 0 aliphatic heterocycles. The van der Waals surface area contributed by atoms with E-state index in [0.717, 1.165) is 30.4 Å². The van der Waals surface area contributed by atoms with Gasteiger partial charge in [0, 0.05) is 35.2 Å². The van der Waals surface area contributed by atoms with Crippen molar-refractivity contribution in [3.63, 3.8) is 0 Å². The minimum atomic E-state index is 0.723. The Hall–Kier alpha value is -2.49. The van der Waals surface area contributed by atoms with Gasteiger partial charge in [-0.3, -0.25) is 0 Å². The molecule has 1 N–H and O–H groups in total. The third kappa shape index (κ3) is 3.63. The van der Waals surface area contributed by atoms with Crippen molar-refractivity contribution >= 4 is 22.5 Å². The zero-order valence-electron chi connectivity index (χ0n) is 13.8. The minimum Gasteiger partial charge on any atom is -0.468 e. The molecule has 2 heterocycles. The van der Waals surface area contributed by atoms with E-state index in [1.165, 1.54) is 22.0 Å². The number of halogens is 1. The Labute approximate surface area is 151 Å². The summed E-state index contributed by atoms with van der Waals surface area (Å²) in [5, 5.41) is 5.50. The molecule has 0 saturated heterocycles. The van der Waals surface area contributed by atoms with Crippen LogP contribution in [0.2, 0.25) is 5.02 Å². The van der Waals surface area contributed by atoms with Crippen LogP contribution in [0.25, 0.3) is 10.9 Å². The van der Waals surface area contributed by atoms with Crippen LogP contribution in [0.1, 0.15) is 16.9 Å². The molecule has 0 aliphatic carbocycles. The summed E-state index contributed by atoms with van der Waals surface area (Å²) in [6, 6.07) is 20.4. The van der Waals surface area contributed by atoms with Gasteiger partial charge in [-0.15, -0.1) is 0 Å². The number of nitrogens with zero attached hydrogens (tertiary/aromatic N) is 1. The van der Waals surface area contributed by atoms with Crippen molar-refractivity contribution < 1.29 is 4.42 Å². The quantitative estimate of drug-likeness (QED) is 0.516. The van der Waals surface area contributed by atoms with Crippen molar-refractivity contribution in [3.8, 4) is 0 Å². The molecule has 2 aromatic heterocycles. The second kappa shape index (κ2) is 7.18. The summed E-state index contributed by atoms with van der Waals surface area (Å²) in [6.45, 7) is 2.32. The van der Waals surface area contributed by atoms with Gasteiger partial charge in [-0.1, -0.05) is 41.9 Å². The third-order valence-electron chi connectivity index (χ3n) is 4.31. The molecule has 3 nitrogen and oxygen atoms in total.